The van der Waals surface area contributed by atoms with Crippen LogP contribution in [0.2, 0.25) is 0 Å². The molecule has 0 radical (unpaired) electrons. The molecule has 2 aromatic rings. The fraction of sp³-hybridized carbons (Fsp3) is 0.481. The highest BCUT2D eigenvalue weighted by atomic mass is 16.5. The van der Waals surface area contributed by atoms with Crippen molar-refractivity contribution in [1.29, 1.82) is 0 Å². The lowest BCUT2D eigenvalue weighted by Gasteiger charge is -2.18. The molecule has 0 saturated carbocycles. The van der Waals surface area contributed by atoms with Gasteiger partial charge in [-0.25, -0.2) is 0 Å². The molecule has 1 saturated heterocycles. The largest absolute Gasteiger partial charge is 0.508 e. The third-order valence-corrected chi connectivity index (χ3v) is 6.54. The van der Waals surface area contributed by atoms with Crippen LogP contribution >= 0.6 is 0 Å². The maximum atomic E-state index is 12.3. The lowest BCUT2D eigenvalue weighted by Crippen LogP contribution is -2.19. The molecule has 1 fully saturated rings. The summed E-state index contributed by atoms with van der Waals surface area (Å²) in [6.07, 6.45) is 5.20. The molecular weight excluding hydrogens is 434 g/mol. The van der Waals surface area contributed by atoms with E-state index in [4.69, 9.17) is 14.2 Å². The van der Waals surface area contributed by atoms with Crippen LogP contribution in [0, 0.1) is 12.8 Å². The van der Waals surface area contributed by atoms with Gasteiger partial charge in [-0.3, -0.25) is 9.59 Å². The van der Waals surface area contributed by atoms with Gasteiger partial charge in [0.2, 0.25) is 5.91 Å². The quantitative estimate of drug-likeness (QED) is 0.405. The van der Waals surface area contributed by atoms with E-state index >= 15 is 0 Å². The number of anilines is 1. The maximum Gasteiger partial charge on any atom is 0.315 e. The summed E-state index contributed by atoms with van der Waals surface area (Å²) in [6, 6.07) is 7.30. The summed E-state index contributed by atoms with van der Waals surface area (Å²) in [5.74, 6) is 1.41. The second kappa shape index (κ2) is 10.9. The van der Waals surface area contributed by atoms with E-state index in [0.29, 0.717) is 11.7 Å². The molecule has 1 unspecified atom stereocenters. The van der Waals surface area contributed by atoms with Crippen LogP contribution in [-0.4, -0.2) is 36.8 Å². The monoisotopic (exact) mass is 467 g/mol. The summed E-state index contributed by atoms with van der Waals surface area (Å²) >= 11 is 0. The van der Waals surface area contributed by atoms with Crippen LogP contribution in [-0.2, 0) is 38.3 Å². The Morgan fingerprint density at radius 1 is 1.21 bits per heavy atom. The summed E-state index contributed by atoms with van der Waals surface area (Å²) in [6.45, 7) is 5.54. The number of fused-ring (bicyclic) bond motifs is 1. The van der Waals surface area contributed by atoms with Crippen molar-refractivity contribution in [1.82, 2.24) is 0 Å². The number of rotatable bonds is 9. The minimum atomic E-state index is -0.531. The molecule has 1 aliphatic carbocycles. The minimum Gasteiger partial charge on any atom is -0.508 e. The lowest BCUT2D eigenvalue weighted by atomic mass is 9.98. The van der Waals surface area contributed by atoms with E-state index in [-0.39, 0.29) is 24.7 Å². The molecule has 7 nitrogen and oxygen atoms in total. The summed E-state index contributed by atoms with van der Waals surface area (Å²) < 4.78 is 16.7. The summed E-state index contributed by atoms with van der Waals surface area (Å²) in [4.78, 5) is 24.0. The second-order valence-corrected chi connectivity index (χ2v) is 9.07. The first-order chi connectivity index (χ1) is 16.4. The summed E-state index contributed by atoms with van der Waals surface area (Å²) in [5.41, 5.74) is 4.66. The first-order valence-electron chi connectivity index (χ1n) is 12.1. The molecule has 1 heterocycles. The molecule has 1 aliphatic heterocycles. The number of ether oxygens (including phenoxy) is 3. The van der Waals surface area contributed by atoms with E-state index in [2.05, 4.69) is 5.32 Å². The van der Waals surface area contributed by atoms with E-state index in [9.17, 15) is 14.7 Å². The number of phenols is 1. The van der Waals surface area contributed by atoms with Crippen molar-refractivity contribution < 1.29 is 28.9 Å². The molecule has 0 spiro atoms. The van der Waals surface area contributed by atoms with Gasteiger partial charge in [0.1, 0.15) is 23.7 Å². The van der Waals surface area contributed by atoms with E-state index < -0.39 is 5.97 Å². The molecule has 0 aromatic heterocycles. The van der Waals surface area contributed by atoms with Gasteiger partial charge < -0.3 is 24.6 Å². The smallest absolute Gasteiger partial charge is 0.315 e. The molecule has 1 atom stereocenters. The number of hydrogen-bond donors (Lipinski definition) is 2. The van der Waals surface area contributed by atoms with Crippen molar-refractivity contribution in [3.8, 4) is 17.2 Å². The van der Waals surface area contributed by atoms with Crippen molar-refractivity contribution in [2.24, 2.45) is 5.92 Å². The first kappa shape index (κ1) is 24.1. The van der Waals surface area contributed by atoms with Crippen LogP contribution in [0.15, 0.2) is 24.3 Å². The zero-order valence-electron chi connectivity index (χ0n) is 19.9. The molecule has 0 bridgehead atoms. The SMILES string of the molecule is CCOC(=O)CC(=O)Nc1cc(C)c(Oc2ccc(O)c(CCC3CCOC3)c2)c2c1CCC2. The minimum absolute atomic E-state index is 0.251. The Balaban J connectivity index is 1.50. The van der Waals surface area contributed by atoms with Crippen molar-refractivity contribution in [2.75, 3.05) is 25.1 Å². The lowest BCUT2D eigenvalue weighted by molar-refractivity contribution is -0.145. The highest BCUT2D eigenvalue weighted by molar-refractivity contribution is 6.02. The highest BCUT2D eigenvalue weighted by Gasteiger charge is 2.24. The Hall–Kier alpha value is -3.06. The number of carbonyl (C=O) groups is 2. The number of hydrogen-bond acceptors (Lipinski definition) is 6. The highest BCUT2D eigenvalue weighted by Crippen LogP contribution is 2.41. The Morgan fingerprint density at radius 3 is 2.79 bits per heavy atom. The number of aryl methyl sites for hydroxylation is 2. The van der Waals surface area contributed by atoms with Gasteiger partial charge in [-0.05, 0) is 99.2 Å². The average Bonchev–Trinajstić information content (AvgIpc) is 3.49. The Morgan fingerprint density at radius 2 is 2.03 bits per heavy atom. The van der Waals surface area contributed by atoms with Crippen LogP contribution in [0.3, 0.4) is 0 Å². The molecule has 2 aliphatic rings. The molecule has 7 heteroatoms. The zero-order chi connectivity index (χ0) is 24.1. The Kier molecular flexibility index (Phi) is 7.73. The molecule has 2 aromatic carbocycles. The number of nitrogens with one attached hydrogen (secondary N) is 1. The number of amides is 1. The molecule has 2 N–H and O–H groups in total. The first-order valence-corrected chi connectivity index (χ1v) is 12.1. The third-order valence-electron chi connectivity index (χ3n) is 6.54. The van der Waals surface area contributed by atoms with Gasteiger partial charge in [0, 0.05) is 24.5 Å². The fourth-order valence-electron chi connectivity index (χ4n) is 4.80. The predicted octanol–water partition coefficient (Wildman–Crippen LogP) is 4.84. The Bertz CT molecular complexity index is 1060. The second-order valence-electron chi connectivity index (χ2n) is 9.07. The number of phenolic OH excluding ortho intramolecular Hbond substituents is 1. The van der Waals surface area contributed by atoms with Gasteiger partial charge in [0.05, 0.1) is 6.61 Å². The van der Waals surface area contributed by atoms with Gasteiger partial charge >= 0.3 is 5.97 Å². The zero-order valence-corrected chi connectivity index (χ0v) is 19.9. The van der Waals surface area contributed by atoms with Crippen LogP contribution in [0.4, 0.5) is 5.69 Å². The third kappa shape index (κ3) is 5.70. The standard InChI is InChI=1S/C27H33NO6/c1-3-33-26(31)15-25(30)28-23-13-17(2)27(22-6-4-5-21(22)23)34-20-9-10-24(29)19(14-20)8-7-18-11-12-32-16-18/h9-10,13-14,18,29H,3-8,11-12,15-16H2,1-2H3,(H,28,30). The number of carbonyl (C=O) groups excluding carboxylic acids is 2. The van der Waals surface area contributed by atoms with Gasteiger partial charge in [0.15, 0.2) is 0 Å². The van der Waals surface area contributed by atoms with E-state index in [1.807, 2.05) is 19.1 Å². The van der Waals surface area contributed by atoms with Crippen LogP contribution in [0.1, 0.15) is 54.9 Å². The number of aromatic hydroxyl groups is 1. The molecular formula is C27H33NO6. The summed E-state index contributed by atoms with van der Waals surface area (Å²) in [5, 5.41) is 13.2. The fourth-order valence-corrected chi connectivity index (χ4v) is 4.80. The van der Waals surface area contributed by atoms with Crippen LogP contribution in [0.25, 0.3) is 0 Å². The normalized spacial score (nSPS) is 16.8. The van der Waals surface area contributed by atoms with Crippen LogP contribution in [0.5, 0.6) is 17.2 Å². The van der Waals surface area contributed by atoms with Gasteiger partial charge in [0.25, 0.3) is 0 Å². The van der Waals surface area contributed by atoms with E-state index in [1.165, 1.54) is 0 Å². The number of benzene rings is 2. The average molecular weight is 468 g/mol. The van der Waals surface area contributed by atoms with Gasteiger partial charge in [-0.2, -0.15) is 0 Å². The predicted molar refractivity (Wildman–Crippen MR) is 129 cm³/mol. The molecule has 34 heavy (non-hydrogen) atoms. The maximum absolute atomic E-state index is 12.3. The molecule has 1 amide bonds. The van der Waals surface area contributed by atoms with Crippen molar-refractivity contribution >= 4 is 17.6 Å². The molecule has 182 valence electrons. The molecule has 4 rings (SSSR count). The Labute approximate surface area is 200 Å². The topological polar surface area (TPSA) is 94.1 Å². The van der Waals surface area contributed by atoms with Gasteiger partial charge in [-0.15, -0.1) is 0 Å². The van der Waals surface area contributed by atoms with E-state index in [1.54, 1.807) is 19.1 Å². The van der Waals surface area contributed by atoms with Crippen molar-refractivity contribution in [2.45, 2.75) is 58.8 Å². The van der Waals surface area contributed by atoms with Crippen molar-refractivity contribution in [3.63, 3.8) is 0 Å². The van der Waals surface area contributed by atoms with Crippen molar-refractivity contribution in [3.05, 3.63) is 46.5 Å². The number of esters is 1. The van der Waals surface area contributed by atoms with Crippen LogP contribution < -0.4 is 10.1 Å². The van der Waals surface area contributed by atoms with Gasteiger partial charge in [-0.1, -0.05) is 0 Å². The van der Waals surface area contributed by atoms with E-state index in [0.717, 1.165) is 85.4 Å². The summed E-state index contributed by atoms with van der Waals surface area (Å²) in [7, 11) is 0.